The van der Waals surface area contributed by atoms with Crippen molar-refractivity contribution in [1.29, 1.82) is 0 Å². The minimum Gasteiger partial charge on any atom is -0.370 e. The maximum atomic E-state index is 16.1. The van der Waals surface area contributed by atoms with E-state index in [2.05, 4.69) is 168 Å². The highest BCUT2D eigenvalue weighted by Gasteiger charge is 2.55. The smallest absolute Gasteiger partial charge is 0.227 e. The van der Waals surface area contributed by atoms with Crippen molar-refractivity contribution < 1.29 is 19.2 Å². The van der Waals surface area contributed by atoms with Gasteiger partial charge in [-0.25, -0.2) is 0 Å². The Morgan fingerprint density at radius 2 is 0.667 bits per heavy atom. The third-order valence-corrected chi connectivity index (χ3v) is 17.2. The molecule has 0 aromatic heterocycles. The van der Waals surface area contributed by atoms with Crippen molar-refractivity contribution in [3.05, 3.63) is 0 Å². The fraction of sp³-hybridized carbons (Fsp3) is 0.917. The first-order valence-electron chi connectivity index (χ1n) is 23.0. The quantitative estimate of drug-likeness (QED) is 0.250. The Hall–Kier alpha value is -2.28. The van der Waals surface area contributed by atoms with Gasteiger partial charge in [0.25, 0.3) is 0 Å². The number of amides is 4. The van der Waals surface area contributed by atoms with Crippen molar-refractivity contribution in [2.24, 2.45) is 23.3 Å². The van der Waals surface area contributed by atoms with Gasteiger partial charge in [-0.1, -0.05) is 0 Å². The molecule has 4 heterocycles. The highest BCUT2D eigenvalue weighted by atomic mass is 16.2. The SMILES string of the molecule is CN1C(C)(C)CC(N(C(=O)CC(C(=O)N(C2CC(C)(C)N(C)C(C)(C)C2)C2CC(C)(C)N(C)C(C)(C)C2)C(CC(N)=O)C(N)=O)C2CC(C)(C)N(C)C(C)(C)C2)CC1(C)C. The van der Waals surface area contributed by atoms with Gasteiger partial charge in [0.05, 0.1) is 11.8 Å². The molecule has 4 saturated heterocycles. The minimum absolute atomic E-state index is 0.111. The molecule has 0 spiro atoms. The summed E-state index contributed by atoms with van der Waals surface area (Å²) in [5.74, 6) is -4.31. The monoisotopic (exact) mass is 843 g/mol. The molecular formula is C48H90N8O4. The Balaban J connectivity index is 1.94. The van der Waals surface area contributed by atoms with Crippen LogP contribution in [0, 0.1) is 11.8 Å². The molecule has 12 heteroatoms. The van der Waals surface area contributed by atoms with Crippen LogP contribution in [-0.4, -0.2) is 150 Å². The molecule has 0 aromatic carbocycles. The number of carbonyl (C=O) groups excluding carboxylic acids is 4. The third-order valence-electron chi connectivity index (χ3n) is 17.2. The molecule has 4 amide bonds. The van der Waals surface area contributed by atoms with Gasteiger partial charge in [0.15, 0.2) is 0 Å². The van der Waals surface area contributed by atoms with Crippen LogP contribution in [-0.2, 0) is 19.2 Å². The fourth-order valence-electron chi connectivity index (χ4n) is 13.0. The van der Waals surface area contributed by atoms with Gasteiger partial charge in [0.1, 0.15) is 0 Å². The number of piperidine rings is 4. The molecule has 346 valence electrons. The first kappa shape index (κ1) is 50.4. The van der Waals surface area contributed by atoms with Crippen molar-refractivity contribution in [2.45, 2.75) is 243 Å². The summed E-state index contributed by atoms with van der Waals surface area (Å²) in [6.45, 7) is 35.9. The number of primary amides is 2. The lowest BCUT2D eigenvalue weighted by Crippen LogP contribution is -2.69. The van der Waals surface area contributed by atoms with Crippen molar-refractivity contribution in [1.82, 2.24) is 29.4 Å². The Labute approximate surface area is 366 Å². The van der Waals surface area contributed by atoms with Gasteiger partial charge in [-0.2, -0.15) is 0 Å². The molecule has 4 aliphatic rings. The van der Waals surface area contributed by atoms with Crippen LogP contribution in [0.25, 0.3) is 0 Å². The van der Waals surface area contributed by atoms with Crippen LogP contribution in [0.15, 0.2) is 0 Å². The molecule has 0 aliphatic carbocycles. The van der Waals surface area contributed by atoms with E-state index in [4.69, 9.17) is 11.5 Å². The number of rotatable bonds is 11. The zero-order valence-corrected chi connectivity index (χ0v) is 42.0. The van der Waals surface area contributed by atoms with E-state index in [0.717, 1.165) is 51.4 Å². The summed E-state index contributed by atoms with van der Waals surface area (Å²) in [5, 5.41) is 0. The number of nitrogens with zero attached hydrogens (tertiary/aromatic N) is 6. The Morgan fingerprint density at radius 1 is 0.433 bits per heavy atom. The lowest BCUT2D eigenvalue weighted by molar-refractivity contribution is -0.162. The third kappa shape index (κ3) is 9.91. The first-order valence-corrected chi connectivity index (χ1v) is 23.0. The highest BCUT2D eigenvalue weighted by Crippen LogP contribution is 2.47. The zero-order valence-electron chi connectivity index (χ0n) is 42.0. The molecule has 2 atom stereocenters. The second-order valence-electron chi connectivity index (χ2n) is 25.0. The molecular weight excluding hydrogens is 753 g/mol. The van der Waals surface area contributed by atoms with Crippen molar-refractivity contribution >= 4 is 23.6 Å². The molecule has 4 fully saturated rings. The normalized spacial score (nSPS) is 28.4. The van der Waals surface area contributed by atoms with Gasteiger partial charge >= 0.3 is 0 Å². The van der Waals surface area contributed by atoms with Crippen molar-refractivity contribution in [3.63, 3.8) is 0 Å². The Morgan fingerprint density at radius 3 is 0.883 bits per heavy atom. The lowest BCUT2D eigenvalue weighted by atomic mass is 9.72. The number of likely N-dealkylation sites (tertiary alicyclic amines) is 4. The van der Waals surface area contributed by atoms with Crippen LogP contribution in [0.4, 0.5) is 0 Å². The molecule has 4 aliphatic heterocycles. The maximum absolute atomic E-state index is 16.1. The van der Waals surface area contributed by atoms with Gasteiger partial charge in [-0.05, 0) is 190 Å². The standard InChI is InChI=1S/C48H90N8O4/c1-41(2)23-31(24-42(3,4)51(41)17)55(32-25-43(5,6)52(18)44(7,8)26-32)38(58)22-36(35(39(50)59)21-37(49)57)40(60)56(33-27-45(9,10)53(19)46(11,12)28-33)34-29-47(13,14)54(20)48(15,16)30-34/h31-36H,21-30H2,1-20H3,(H2,49,57)(H2,50,59). The van der Waals surface area contributed by atoms with Crippen molar-refractivity contribution in [3.8, 4) is 0 Å². The Kier molecular flexibility index (Phi) is 13.7. The molecule has 0 saturated carbocycles. The fourth-order valence-corrected chi connectivity index (χ4v) is 13.0. The largest absolute Gasteiger partial charge is 0.370 e. The predicted molar refractivity (Wildman–Crippen MR) is 244 cm³/mol. The van der Waals surface area contributed by atoms with Crippen LogP contribution in [0.3, 0.4) is 0 Å². The summed E-state index contributed by atoms with van der Waals surface area (Å²) in [6.07, 6.45) is 5.29. The van der Waals surface area contributed by atoms with E-state index < -0.39 is 30.1 Å². The number of hydrogen-bond donors (Lipinski definition) is 2. The summed E-state index contributed by atoms with van der Waals surface area (Å²) in [6, 6.07) is -0.583. The first-order chi connectivity index (χ1) is 26.8. The summed E-state index contributed by atoms with van der Waals surface area (Å²) >= 11 is 0. The zero-order chi connectivity index (χ0) is 46.3. The van der Waals surface area contributed by atoms with Gasteiger partial charge < -0.3 is 21.3 Å². The summed E-state index contributed by atoms with van der Waals surface area (Å²) in [5.41, 5.74) is 10.3. The van der Waals surface area contributed by atoms with E-state index in [1.165, 1.54) is 0 Å². The predicted octanol–water partition coefficient (Wildman–Crippen LogP) is 6.23. The van der Waals surface area contributed by atoms with Crippen molar-refractivity contribution in [2.75, 3.05) is 28.2 Å². The van der Waals surface area contributed by atoms with E-state index >= 15 is 9.59 Å². The molecule has 60 heavy (non-hydrogen) atoms. The molecule has 0 radical (unpaired) electrons. The topological polar surface area (TPSA) is 140 Å². The second-order valence-corrected chi connectivity index (χ2v) is 25.0. The maximum Gasteiger partial charge on any atom is 0.227 e. The molecule has 4 N–H and O–H groups in total. The van der Waals surface area contributed by atoms with Gasteiger partial charge in [0, 0.05) is 81.3 Å². The van der Waals surface area contributed by atoms with Crippen LogP contribution in [0.5, 0.6) is 0 Å². The highest BCUT2D eigenvalue weighted by molar-refractivity contribution is 5.93. The second kappa shape index (κ2) is 16.4. The van der Waals surface area contributed by atoms with E-state index in [-0.39, 0.29) is 86.7 Å². The van der Waals surface area contributed by atoms with Crippen LogP contribution in [0.2, 0.25) is 0 Å². The van der Waals surface area contributed by atoms with E-state index in [1.807, 2.05) is 0 Å². The minimum atomic E-state index is -1.24. The van der Waals surface area contributed by atoms with Crippen LogP contribution >= 0.6 is 0 Å². The molecule has 0 bridgehead atoms. The van der Waals surface area contributed by atoms with Gasteiger partial charge in [0.2, 0.25) is 23.6 Å². The van der Waals surface area contributed by atoms with Crippen LogP contribution < -0.4 is 11.5 Å². The van der Waals surface area contributed by atoms with E-state index in [9.17, 15) is 9.59 Å². The molecule has 12 nitrogen and oxygen atoms in total. The molecule has 4 rings (SSSR count). The van der Waals surface area contributed by atoms with Crippen LogP contribution in [0.1, 0.15) is 175 Å². The summed E-state index contributed by atoms with van der Waals surface area (Å²) < 4.78 is 0. The number of carbonyl (C=O) groups is 4. The molecule has 2 unspecified atom stereocenters. The van der Waals surface area contributed by atoms with E-state index in [1.54, 1.807) is 0 Å². The van der Waals surface area contributed by atoms with Gasteiger partial charge in [-0.3, -0.25) is 38.8 Å². The number of hydrogen-bond acceptors (Lipinski definition) is 8. The summed E-state index contributed by atoms with van der Waals surface area (Å²) in [7, 11) is 8.67. The average molecular weight is 843 g/mol. The Bertz CT molecular complexity index is 1470. The summed E-state index contributed by atoms with van der Waals surface area (Å²) in [4.78, 5) is 72.4. The van der Waals surface area contributed by atoms with E-state index in [0.29, 0.717) is 0 Å². The lowest BCUT2D eigenvalue weighted by Gasteiger charge is -2.60. The molecule has 0 aromatic rings. The average Bonchev–Trinajstić information content (AvgIpc) is 3.04. The van der Waals surface area contributed by atoms with Gasteiger partial charge in [-0.15, -0.1) is 0 Å². The number of nitrogens with two attached hydrogens (primary N) is 2.